The van der Waals surface area contributed by atoms with Gasteiger partial charge >= 0.3 is 0 Å². The molecule has 0 saturated carbocycles. The molecule has 0 atom stereocenters. The minimum atomic E-state index is -0.394. The van der Waals surface area contributed by atoms with Gasteiger partial charge in [-0.1, -0.05) is 18.5 Å². The largest absolute Gasteiger partial charge is 0.444 e. The smallest absolute Gasteiger partial charge is 0.229 e. The molecular weight excluding hydrogens is 255 g/mol. The number of nitrogens with zero attached hydrogens (tertiary/aromatic N) is 1. The second kappa shape index (κ2) is 5.98. The van der Waals surface area contributed by atoms with Crippen LogP contribution >= 0.6 is 11.6 Å². The fourth-order valence-corrected chi connectivity index (χ4v) is 1.74. The minimum Gasteiger partial charge on any atom is -0.444 e. The number of nitrogens with one attached hydrogen (secondary N) is 1. The van der Waals surface area contributed by atoms with Crippen molar-refractivity contribution in [3.8, 4) is 11.5 Å². The zero-order valence-electron chi connectivity index (χ0n) is 10.0. The number of hydrogen-bond donors (Lipinski definition) is 1. The van der Waals surface area contributed by atoms with Gasteiger partial charge in [0.25, 0.3) is 0 Å². The van der Waals surface area contributed by atoms with Crippen LogP contribution in [0.25, 0.3) is 11.5 Å². The van der Waals surface area contributed by atoms with E-state index in [1.165, 1.54) is 24.5 Å². The van der Waals surface area contributed by atoms with Gasteiger partial charge in [-0.25, -0.2) is 9.37 Å². The molecular formula is C13H14ClFN2O. The zero-order valence-corrected chi connectivity index (χ0v) is 10.8. The van der Waals surface area contributed by atoms with E-state index in [9.17, 15) is 4.39 Å². The van der Waals surface area contributed by atoms with Gasteiger partial charge in [-0.3, -0.25) is 0 Å². The highest BCUT2D eigenvalue weighted by Gasteiger charge is 2.12. The summed E-state index contributed by atoms with van der Waals surface area (Å²) in [6, 6.07) is 4.30. The van der Waals surface area contributed by atoms with E-state index in [2.05, 4.69) is 17.2 Å². The van der Waals surface area contributed by atoms with Gasteiger partial charge in [0.05, 0.1) is 11.3 Å². The Hall–Kier alpha value is -1.39. The van der Waals surface area contributed by atoms with Crippen LogP contribution in [0.4, 0.5) is 4.39 Å². The number of benzene rings is 1. The molecule has 1 N–H and O–H groups in total. The summed E-state index contributed by atoms with van der Waals surface area (Å²) in [5.74, 6) is -0.141. The minimum absolute atomic E-state index is 0.253. The SMILES string of the molecule is CCCNCc1coc(-c2cc(Cl)ccc2F)n1. The molecule has 3 nitrogen and oxygen atoms in total. The van der Waals surface area contributed by atoms with E-state index in [-0.39, 0.29) is 11.5 Å². The summed E-state index contributed by atoms with van der Waals surface area (Å²) in [4.78, 5) is 4.23. The lowest BCUT2D eigenvalue weighted by Gasteiger charge is -1.99. The lowest BCUT2D eigenvalue weighted by atomic mass is 10.2. The summed E-state index contributed by atoms with van der Waals surface area (Å²) in [6.07, 6.45) is 2.58. The van der Waals surface area contributed by atoms with Gasteiger partial charge in [0, 0.05) is 11.6 Å². The Morgan fingerprint density at radius 3 is 3.06 bits per heavy atom. The van der Waals surface area contributed by atoms with Crippen LogP contribution in [0.15, 0.2) is 28.9 Å². The second-order valence-electron chi connectivity index (χ2n) is 3.94. The summed E-state index contributed by atoms with van der Waals surface area (Å²) in [6.45, 7) is 3.61. The molecule has 18 heavy (non-hydrogen) atoms. The van der Waals surface area contributed by atoms with Crippen molar-refractivity contribution in [3.63, 3.8) is 0 Å². The van der Waals surface area contributed by atoms with Crippen molar-refractivity contribution in [2.75, 3.05) is 6.54 Å². The number of aromatic nitrogens is 1. The Kier molecular flexibility index (Phi) is 4.33. The topological polar surface area (TPSA) is 38.1 Å². The van der Waals surface area contributed by atoms with Gasteiger partial charge in [-0.15, -0.1) is 0 Å². The summed E-state index contributed by atoms with van der Waals surface area (Å²) < 4.78 is 18.9. The first kappa shape index (κ1) is 13.1. The summed E-state index contributed by atoms with van der Waals surface area (Å²) in [7, 11) is 0. The molecule has 2 aromatic rings. The van der Waals surface area contributed by atoms with Crippen molar-refractivity contribution < 1.29 is 8.81 Å². The molecule has 0 aliphatic heterocycles. The van der Waals surface area contributed by atoms with E-state index < -0.39 is 5.82 Å². The Morgan fingerprint density at radius 1 is 1.44 bits per heavy atom. The van der Waals surface area contributed by atoms with Crippen LogP contribution in [0.1, 0.15) is 19.0 Å². The fraction of sp³-hybridized carbons (Fsp3) is 0.308. The van der Waals surface area contributed by atoms with Crippen LogP contribution < -0.4 is 5.32 Å². The monoisotopic (exact) mass is 268 g/mol. The molecule has 0 amide bonds. The fourth-order valence-electron chi connectivity index (χ4n) is 1.57. The third-order valence-electron chi connectivity index (χ3n) is 2.44. The predicted octanol–water partition coefficient (Wildman–Crippen LogP) is 3.63. The molecule has 0 aliphatic carbocycles. The zero-order chi connectivity index (χ0) is 13.0. The molecule has 0 aliphatic rings. The molecule has 0 radical (unpaired) electrons. The molecule has 0 fully saturated rings. The predicted molar refractivity (Wildman–Crippen MR) is 68.9 cm³/mol. The van der Waals surface area contributed by atoms with Gasteiger partial charge in [0.1, 0.15) is 12.1 Å². The molecule has 96 valence electrons. The normalized spacial score (nSPS) is 10.8. The van der Waals surface area contributed by atoms with Gasteiger partial charge in [0.2, 0.25) is 5.89 Å². The molecule has 0 bridgehead atoms. The van der Waals surface area contributed by atoms with Gasteiger partial charge in [0.15, 0.2) is 0 Å². The standard InChI is InChI=1S/C13H14ClFN2O/c1-2-5-16-7-10-8-18-13(17-10)11-6-9(14)3-4-12(11)15/h3-4,6,8,16H,2,5,7H2,1H3. The first-order chi connectivity index (χ1) is 8.70. The average Bonchev–Trinajstić information content (AvgIpc) is 2.81. The third kappa shape index (κ3) is 3.09. The van der Waals surface area contributed by atoms with Crippen molar-refractivity contribution in [1.29, 1.82) is 0 Å². The van der Waals surface area contributed by atoms with E-state index in [0.29, 0.717) is 11.6 Å². The van der Waals surface area contributed by atoms with E-state index in [4.69, 9.17) is 16.0 Å². The summed E-state index contributed by atoms with van der Waals surface area (Å²) in [5, 5.41) is 3.65. The van der Waals surface area contributed by atoms with Crippen molar-refractivity contribution in [2.45, 2.75) is 19.9 Å². The average molecular weight is 269 g/mol. The Bertz CT molecular complexity index is 527. The molecule has 0 unspecified atom stereocenters. The van der Waals surface area contributed by atoms with Crippen molar-refractivity contribution in [3.05, 3.63) is 41.0 Å². The van der Waals surface area contributed by atoms with Crippen LogP contribution in [-0.2, 0) is 6.54 Å². The number of rotatable bonds is 5. The first-order valence-corrected chi connectivity index (χ1v) is 6.19. The first-order valence-electron chi connectivity index (χ1n) is 5.81. The molecule has 1 heterocycles. The molecule has 5 heteroatoms. The van der Waals surface area contributed by atoms with Crippen LogP contribution in [0.2, 0.25) is 5.02 Å². The van der Waals surface area contributed by atoms with Crippen LogP contribution in [0, 0.1) is 5.82 Å². The van der Waals surface area contributed by atoms with E-state index in [0.717, 1.165) is 18.7 Å². The van der Waals surface area contributed by atoms with Crippen molar-refractivity contribution in [2.24, 2.45) is 0 Å². The molecule has 2 rings (SSSR count). The van der Waals surface area contributed by atoms with Crippen LogP contribution in [-0.4, -0.2) is 11.5 Å². The highest BCUT2D eigenvalue weighted by atomic mass is 35.5. The molecule has 1 aromatic heterocycles. The third-order valence-corrected chi connectivity index (χ3v) is 2.68. The van der Waals surface area contributed by atoms with E-state index in [1.54, 1.807) is 0 Å². The van der Waals surface area contributed by atoms with Crippen molar-refractivity contribution in [1.82, 2.24) is 10.3 Å². The highest BCUT2D eigenvalue weighted by molar-refractivity contribution is 6.30. The Balaban J connectivity index is 2.16. The van der Waals surface area contributed by atoms with Gasteiger partial charge in [-0.05, 0) is 31.2 Å². The Morgan fingerprint density at radius 2 is 2.28 bits per heavy atom. The maximum Gasteiger partial charge on any atom is 0.229 e. The summed E-state index contributed by atoms with van der Waals surface area (Å²) in [5.41, 5.74) is 1.03. The summed E-state index contributed by atoms with van der Waals surface area (Å²) >= 11 is 5.83. The highest BCUT2D eigenvalue weighted by Crippen LogP contribution is 2.25. The lowest BCUT2D eigenvalue weighted by molar-refractivity contribution is 0.559. The quantitative estimate of drug-likeness (QED) is 0.842. The van der Waals surface area contributed by atoms with Gasteiger partial charge < -0.3 is 9.73 Å². The number of oxazole rings is 1. The van der Waals surface area contributed by atoms with Crippen LogP contribution in [0.3, 0.4) is 0 Å². The number of halogens is 2. The lowest BCUT2D eigenvalue weighted by Crippen LogP contribution is -2.13. The van der Waals surface area contributed by atoms with E-state index >= 15 is 0 Å². The van der Waals surface area contributed by atoms with Gasteiger partial charge in [-0.2, -0.15) is 0 Å². The molecule has 1 aromatic carbocycles. The maximum atomic E-state index is 13.6. The van der Waals surface area contributed by atoms with Crippen LogP contribution in [0.5, 0.6) is 0 Å². The number of hydrogen-bond acceptors (Lipinski definition) is 3. The second-order valence-corrected chi connectivity index (χ2v) is 4.38. The van der Waals surface area contributed by atoms with E-state index in [1.807, 2.05) is 0 Å². The Labute approximate surface area is 110 Å². The van der Waals surface area contributed by atoms with Crippen molar-refractivity contribution >= 4 is 11.6 Å². The maximum absolute atomic E-state index is 13.6. The molecule has 0 saturated heterocycles. The molecule has 0 spiro atoms.